The minimum Gasteiger partial charge on any atom is -0.497 e. The molecule has 1 N–H and O–H groups in total. The van der Waals surface area contributed by atoms with E-state index in [0.29, 0.717) is 5.75 Å². The number of ether oxygens (including phenoxy) is 1. The van der Waals surface area contributed by atoms with Crippen LogP contribution in [0.1, 0.15) is 16.8 Å². The molecule has 0 saturated heterocycles. The Hall–Kier alpha value is -2.66. The van der Waals surface area contributed by atoms with Crippen molar-refractivity contribution in [1.29, 1.82) is 0 Å². The third-order valence-corrected chi connectivity index (χ3v) is 3.58. The molecule has 0 unspecified atom stereocenters. The maximum Gasteiger partial charge on any atom is 0.372 e. The Morgan fingerprint density at radius 1 is 1.04 bits per heavy atom. The molecule has 6 heteroatoms. The molecule has 0 amide bonds. The maximum absolute atomic E-state index is 12.1. The lowest BCUT2D eigenvalue weighted by Crippen LogP contribution is -2.17. The molecule has 0 saturated carbocycles. The molecule has 0 aliphatic heterocycles. The molecule has 0 aromatic heterocycles. The molecule has 0 bridgehead atoms. The Kier molecular flexibility index (Phi) is 5.13. The Balaban J connectivity index is 2.32. The number of halogens is 1. The minimum atomic E-state index is -1.64. The van der Waals surface area contributed by atoms with E-state index in [4.69, 9.17) is 21.4 Å². The molecule has 2 rings (SSSR count). The molecule has 0 radical (unpaired) electrons. The molecule has 0 heterocycles. The van der Waals surface area contributed by atoms with Crippen LogP contribution in [0.25, 0.3) is 11.1 Å². The first kappa shape index (κ1) is 16.7. The van der Waals surface area contributed by atoms with E-state index in [1.807, 2.05) is 12.1 Å². The van der Waals surface area contributed by atoms with E-state index in [-0.39, 0.29) is 10.6 Å². The molecular formula is C17H13ClO5. The third-order valence-electron chi connectivity index (χ3n) is 3.25. The van der Waals surface area contributed by atoms with Crippen molar-refractivity contribution in [2.24, 2.45) is 0 Å². The fourth-order valence-corrected chi connectivity index (χ4v) is 2.24. The molecule has 5 nitrogen and oxygen atoms in total. The lowest BCUT2D eigenvalue weighted by Gasteiger charge is -2.08. The van der Waals surface area contributed by atoms with Gasteiger partial charge in [0.25, 0.3) is 0 Å². The van der Waals surface area contributed by atoms with Gasteiger partial charge in [0, 0.05) is 5.56 Å². The molecule has 0 fully saturated rings. The van der Waals surface area contributed by atoms with Gasteiger partial charge in [-0.2, -0.15) is 0 Å². The largest absolute Gasteiger partial charge is 0.497 e. The van der Waals surface area contributed by atoms with Crippen LogP contribution in [0.3, 0.4) is 0 Å². The SMILES string of the molecule is COc1ccc(-c2ccc(Cl)c(C(=O)CC(=O)C(=O)O)c2)cc1. The second-order valence-electron chi connectivity index (χ2n) is 4.75. The van der Waals surface area contributed by atoms with Crippen LogP contribution in [0.5, 0.6) is 5.75 Å². The van der Waals surface area contributed by atoms with Crippen molar-refractivity contribution in [2.45, 2.75) is 6.42 Å². The van der Waals surface area contributed by atoms with Gasteiger partial charge in [-0.05, 0) is 35.4 Å². The number of carboxylic acids is 1. The lowest BCUT2D eigenvalue weighted by atomic mass is 9.99. The van der Waals surface area contributed by atoms with Gasteiger partial charge >= 0.3 is 5.97 Å². The topological polar surface area (TPSA) is 80.7 Å². The molecule has 23 heavy (non-hydrogen) atoms. The van der Waals surface area contributed by atoms with Crippen LogP contribution < -0.4 is 4.74 Å². The van der Waals surface area contributed by atoms with Crippen LogP contribution in [-0.4, -0.2) is 29.8 Å². The second kappa shape index (κ2) is 7.07. The molecule has 2 aromatic rings. The van der Waals surface area contributed by atoms with E-state index < -0.39 is 24.0 Å². The Bertz CT molecular complexity index is 765. The van der Waals surface area contributed by atoms with Crippen molar-refractivity contribution < 1.29 is 24.2 Å². The van der Waals surface area contributed by atoms with Crippen molar-refractivity contribution in [3.63, 3.8) is 0 Å². The first-order valence-corrected chi connectivity index (χ1v) is 7.03. The van der Waals surface area contributed by atoms with Gasteiger partial charge < -0.3 is 9.84 Å². The molecule has 0 aliphatic rings. The van der Waals surface area contributed by atoms with Gasteiger partial charge in [-0.15, -0.1) is 0 Å². The molecular weight excluding hydrogens is 320 g/mol. The van der Waals surface area contributed by atoms with Crippen LogP contribution in [0, 0.1) is 0 Å². The summed E-state index contributed by atoms with van der Waals surface area (Å²) in [6.45, 7) is 0. The summed E-state index contributed by atoms with van der Waals surface area (Å²) in [6, 6.07) is 12.0. The number of aliphatic carboxylic acids is 1. The number of rotatable bonds is 6. The van der Waals surface area contributed by atoms with Crippen molar-refractivity contribution >= 4 is 29.1 Å². The van der Waals surface area contributed by atoms with Crippen LogP contribution >= 0.6 is 11.6 Å². The number of carbonyl (C=O) groups excluding carboxylic acids is 2. The number of benzene rings is 2. The van der Waals surface area contributed by atoms with Crippen LogP contribution in [0.15, 0.2) is 42.5 Å². The number of hydrogen-bond donors (Lipinski definition) is 1. The summed E-state index contributed by atoms with van der Waals surface area (Å²) >= 11 is 5.99. The first-order chi connectivity index (χ1) is 10.9. The van der Waals surface area contributed by atoms with Crippen LogP contribution in [0.2, 0.25) is 5.02 Å². The summed E-state index contributed by atoms with van der Waals surface area (Å²) in [5.41, 5.74) is 1.68. The van der Waals surface area contributed by atoms with Gasteiger partial charge in [0.05, 0.1) is 18.6 Å². The maximum atomic E-state index is 12.1. The lowest BCUT2D eigenvalue weighted by molar-refractivity contribution is -0.148. The quantitative estimate of drug-likeness (QED) is 0.499. The van der Waals surface area contributed by atoms with Gasteiger partial charge in [-0.3, -0.25) is 9.59 Å². The number of Topliss-reactive ketones (excluding diaryl/α,β-unsaturated/α-hetero) is 2. The van der Waals surface area contributed by atoms with Crippen LogP contribution in [0.4, 0.5) is 0 Å². The molecule has 118 valence electrons. The summed E-state index contributed by atoms with van der Waals surface area (Å²) in [5.74, 6) is -2.73. The average molecular weight is 333 g/mol. The molecule has 0 spiro atoms. The highest BCUT2D eigenvalue weighted by Crippen LogP contribution is 2.27. The zero-order valence-corrected chi connectivity index (χ0v) is 13.0. The smallest absolute Gasteiger partial charge is 0.372 e. The normalized spacial score (nSPS) is 10.2. The summed E-state index contributed by atoms with van der Waals surface area (Å²) < 4.78 is 5.08. The number of carboxylic acid groups (broad SMARTS) is 1. The fraction of sp³-hybridized carbons (Fsp3) is 0.118. The average Bonchev–Trinajstić information content (AvgIpc) is 2.55. The van der Waals surface area contributed by atoms with Crippen LogP contribution in [-0.2, 0) is 9.59 Å². The van der Waals surface area contributed by atoms with Crippen molar-refractivity contribution in [3.05, 3.63) is 53.1 Å². The van der Waals surface area contributed by atoms with E-state index in [0.717, 1.165) is 11.1 Å². The zero-order chi connectivity index (χ0) is 17.0. The van der Waals surface area contributed by atoms with Crippen molar-refractivity contribution in [1.82, 2.24) is 0 Å². The van der Waals surface area contributed by atoms with E-state index in [9.17, 15) is 14.4 Å². The van der Waals surface area contributed by atoms with E-state index in [1.54, 1.807) is 37.4 Å². The Morgan fingerprint density at radius 3 is 2.22 bits per heavy atom. The number of carbonyl (C=O) groups is 3. The number of methoxy groups -OCH3 is 1. The highest BCUT2D eigenvalue weighted by Gasteiger charge is 2.20. The highest BCUT2D eigenvalue weighted by molar-refractivity contribution is 6.39. The number of ketones is 2. The van der Waals surface area contributed by atoms with E-state index in [1.165, 1.54) is 0 Å². The highest BCUT2D eigenvalue weighted by atomic mass is 35.5. The van der Waals surface area contributed by atoms with Gasteiger partial charge in [0.15, 0.2) is 5.78 Å². The molecule has 0 aliphatic carbocycles. The van der Waals surface area contributed by atoms with E-state index in [2.05, 4.69) is 0 Å². The van der Waals surface area contributed by atoms with Crippen molar-refractivity contribution in [3.8, 4) is 16.9 Å². The zero-order valence-electron chi connectivity index (χ0n) is 12.2. The van der Waals surface area contributed by atoms with Crippen molar-refractivity contribution in [2.75, 3.05) is 7.11 Å². The predicted octanol–water partition coefficient (Wildman–Crippen LogP) is 3.24. The standard InChI is InChI=1S/C17H13ClO5/c1-23-12-5-2-10(3-6-12)11-4-7-14(18)13(8-11)15(19)9-16(20)17(21)22/h2-8H,9H2,1H3,(H,21,22). The Morgan fingerprint density at radius 2 is 1.65 bits per heavy atom. The fourth-order valence-electron chi connectivity index (χ4n) is 2.02. The predicted molar refractivity (Wildman–Crippen MR) is 85.0 cm³/mol. The summed E-state index contributed by atoms with van der Waals surface area (Å²) in [7, 11) is 1.56. The third kappa shape index (κ3) is 3.96. The Labute approximate surface area is 137 Å². The second-order valence-corrected chi connectivity index (χ2v) is 5.16. The monoisotopic (exact) mass is 332 g/mol. The van der Waals surface area contributed by atoms with Gasteiger partial charge in [-0.1, -0.05) is 29.8 Å². The summed E-state index contributed by atoms with van der Waals surface area (Å²) in [5, 5.41) is 8.75. The van der Waals surface area contributed by atoms with Gasteiger partial charge in [0.2, 0.25) is 5.78 Å². The first-order valence-electron chi connectivity index (χ1n) is 6.65. The summed E-state index contributed by atoms with van der Waals surface area (Å²) in [6.07, 6.45) is -0.721. The molecule has 0 atom stereocenters. The minimum absolute atomic E-state index is 0.120. The van der Waals surface area contributed by atoms with Gasteiger partial charge in [-0.25, -0.2) is 4.79 Å². The number of hydrogen-bond acceptors (Lipinski definition) is 4. The van der Waals surface area contributed by atoms with Gasteiger partial charge in [0.1, 0.15) is 5.75 Å². The summed E-state index contributed by atoms with van der Waals surface area (Å²) in [4.78, 5) is 33.8. The molecule has 2 aromatic carbocycles. The van der Waals surface area contributed by atoms with E-state index >= 15 is 0 Å².